The highest BCUT2D eigenvalue weighted by atomic mass is 16.5. The lowest BCUT2D eigenvalue weighted by molar-refractivity contribution is -0.117. The van der Waals surface area contributed by atoms with E-state index in [4.69, 9.17) is 4.74 Å². The van der Waals surface area contributed by atoms with Gasteiger partial charge in [0.1, 0.15) is 6.29 Å². The van der Waals surface area contributed by atoms with Gasteiger partial charge in [-0.25, -0.2) is 0 Å². The second-order valence-corrected chi connectivity index (χ2v) is 5.26. The summed E-state index contributed by atoms with van der Waals surface area (Å²) in [5.74, 6) is 0. The van der Waals surface area contributed by atoms with Crippen LogP contribution < -0.4 is 0 Å². The molecule has 0 aromatic heterocycles. The minimum atomic E-state index is -0.272. The van der Waals surface area contributed by atoms with Crippen LogP contribution in [0.5, 0.6) is 0 Å². The molecule has 18 heavy (non-hydrogen) atoms. The predicted octanol–water partition coefficient (Wildman–Crippen LogP) is 1.77. The van der Waals surface area contributed by atoms with Crippen molar-refractivity contribution in [3.63, 3.8) is 0 Å². The molecule has 1 heterocycles. The summed E-state index contributed by atoms with van der Waals surface area (Å²) in [7, 11) is 2.08. The molecule has 3 nitrogen and oxygen atoms in total. The first kappa shape index (κ1) is 13.2. The molecule has 0 spiro atoms. The molecule has 0 N–H and O–H groups in total. The van der Waals surface area contributed by atoms with Gasteiger partial charge in [0.15, 0.2) is 0 Å². The topological polar surface area (TPSA) is 29.5 Å². The molecular weight excluding hydrogens is 226 g/mol. The van der Waals surface area contributed by atoms with Crippen LogP contribution in [0.2, 0.25) is 0 Å². The number of hydrogen-bond donors (Lipinski definition) is 0. The lowest BCUT2D eigenvalue weighted by atomic mass is 9.88. The summed E-state index contributed by atoms with van der Waals surface area (Å²) in [4.78, 5) is 13.5. The van der Waals surface area contributed by atoms with Crippen LogP contribution in [-0.2, 0) is 16.0 Å². The molecule has 0 amide bonds. The molecule has 1 saturated heterocycles. The minimum absolute atomic E-state index is 0.272. The third-order valence-electron chi connectivity index (χ3n) is 3.59. The fourth-order valence-electron chi connectivity index (χ4n) is 2.46. The summed E-state index contributed by atoms with van der Waals surface area (Å²) < 4.78 is 5.36. The Kier molecular flexibility index (Phi) is 4.50. The molecule has 1 atom stereocenters. The van der Waals surface area contributed by atoms with Crippen molar-refractivity contribution in [2.24, 2.45) is 5.41 Å². The lowest BCUT2D eigenvalue weighted by Gasteiger charge is -2.27. The molecule has 1 aliphatic heterocycles. The van der Waals surface area contributed by atoms with E-state index < -0.39 is 0 Å². The quantitative estimate of drug-likeness (QED) is 0.717. The smallest absolute Gasteiger partial charge is 0.129 e. The first-order chi connectivity index (χ1) is 8.74. The van der Waals surface area contributed by atoms with Gasteiger partial charge in [-0.05, 0) is 25.5 Å². The molecule has 0 aliphatic carbocycles. The van der Waals surface area contributed by atoms with Gasteiger partial charge in [-0.3, -0.25) is 0 Å². The van der Waals surface area contributed by atoms with Crippen LogP contribution in [0.4, 0.5) is 0 Å². The summed E-state index contributed by atoms with van der Waals surface area (Å²) in [6.45, 7) is 3.06. The van der Waals surface area contributed by atoms with Crippen LogP contribution in [0.15, 0.2) is 30.3 Å². The number of benzene rings is 1. The van der Waals surface area contributed by atoms with Gasteiger partial charge in [-0.2, -0.15) is 0 Å². The van der Waals surface area contributed by atoms with E-state index in [0.29, 0.717) is 13.2 Å². The third-order valence-corrected chi connectivity index (χ3v) is 3.59. The van der Waals surface area contributed by atoms with E-state index in [0.717, 1.165) is 32.2 Å². The normalized spacial score (nSPS) is 23.4. The maximum Gasteiger partial charge on any atom is 0.129 e. The van der Waals surface area contributed by atoms with E-state index >= 15 is 0 Å². The van der Waals surface area contributed by atoms with Crippen molar-refractivity contribution in [1.82, 2.24) is 4.90 Å². The maximum atomic E-state index is 11.2. The Labute approximate surface area is 109 Å². The van der Waals surface area contributed by atoms with Gasteiger partial charge in [-0.15, -0.1) is 0 Å². The van der Waals surface area contributed by atoms with Crippen molar-refractivity contribution in [1.29, 1.82) is 0 Å². The van der Waals surface area contributed by atoms with Crippen molar-refractivity contribution >= 4 is 6.29 Å². The number of rotatable bonds is 6. The fraction of sp³-hybridized carbons (Fsp3) is 0.533. The molecule has 1 aliphatic rings. The Morgan fingerprint density at radius 3 is 2.78 bits per heavy atom. The molecule has 2 rings (SSSR count). The van der Waals surface area contributed by atoms with Crippen molar-refractivity contribution in [3.8, 4) is 0 Å². The van der Waals surface area contributed by atoms with Crippen LogP contribution in [0, 0.1) is 5.41 Å². The number of aldehydes is 1. The first-order valence-electron chi connectivity index (χ1n) is 6.51. The van der Waals surface area contributed by atoms with Crippen LogP contribution in [-0.4, -0.2) is 44.5 Å². The number of nitrogens with zero attached hydrogens (tertiary/aromatic N) is 1. The molecule has 1 unspecified atom stereocenters. The molecule has 0 radical (unpaired) electrons. The lowest BCUT2D eigenvalue weighted by Crippen LogP contribution is -2.38. The van der Waals surface area contributed by atoms with Gasteiger partial charge in [0.05, 0.1) is 12.0 Å². The van der Waals surface area contributed by atoms with E-state index in [1.807, 2.05) is 6.07 Å². The second kappa shape index (κ2) is 6.12. The fourth-order valence-corrected chi connectivity index (χ4v) is 2.46. The molecule has 1 aromatic carbocycles. The van der Waals surface area contributed by atoms with Crippen molar-refractivity contribution in [2.75, 3.05) is 33.4 Å². The Bertz CT molecular complexity index is 371. The van der Waals surface area contributed by atoms with E-state index in [1.54, 1.807) is 0 Å². The monoisotopic (exact) mass is 247 g/mol. The van der Waals surface area contributed by atoms with Crippen molar-refractivity contribution < 1.29 is 9.53 Å². The van der Waals surface area contributed by atoms with Gasteiger partial charge in [0.25, 0.3) is 0 Å². The largest absolute Gasteiger partial charge is 0.380 e. The molecular formula is C15H21NO2. The SMILES string of the molecule is CN(CCc1ccccc1)CC1(C=O)CCOC1. The summed E-state index contributed by atoms with van der Waals surface area (Å²) in [5, 5.41) is 0. The zero-order valence-electron chi connectivity index (χ0n) is 11.0. The predicted molar refractivity (Wildman–Crippen MR) is 71.6 cm³/mol. The minimum Gasteiger partial charge on any atom is -0.380 e. The third kappa shape index (κ3) is 3.40. The summed E-state index contributed by atoms with van der Waals surface area (Å²) in [6, 6.07) is 10.4. The highest BCUT2D eigenvalue weighted by Gasteiger charge is 2.35. The molecule has 3 heteroatoms. The molecule has 98 valence electrons. The Balaban J connectivity index is 1.81. The number of carbonyl (C=O) groups is 1. The summed E-state index contributed by atoms with van der Waals surface area (Å²) in [6.07, 6.45) is 2.96. The van der Waals surface area contributed by atoms with E-state index in [-0.39, 0.29) is 5.41 Å². The highest BCUT2D eigenvalue weighted by Crippen LogP contribution is 2.26. The van der Waals surface area contributed by atoms with Gasteiger partial charge >= 0.3 is 0 Å². The maximum absolute atomic E-state index is 11.2. The molecule has 1 fully saturated rings. The number of ether oxygens (including phenoxy) is 1. The van der Waals surface area contributed by atoms with Gasteiger partial charge in [0.2, 0.25) is 0 Å². The Morgan fingerprint density at radius 1 is 1.39 bits per heavy atom. The van der Waals surface area contributed by atoms with Gasteiger partial charge < -0.3 is 14.4 Å². The number of hydrogen-bond acceptors (Lipinski definition) is 3. The van der Waals surface area contributed by atoms with Crippen LogP contribution in [0.25, 0.3) is 0 Å². The Morgan fingerprint density at radius 2 is 2.17 bits per heavy atom. The van der Waals surface area contributed by atoms with Gasteiger partial charge in [-0.1, -0.05) is 30.3 Å². The average Bonchev–Trinajstić information content (AvgIpc) is 2.87. The van der Waals surface area contributed by atoms with E-state index in [9.17, 15) is 4.79 Å². The molecule has 0 saturated carbocycles. The van der Waals surface area contributed by atoms with Crippen LogP contribution >= 0.6 is 0 Å². The van der Waals surface area contributed by atoms with Crippen LogP contribution in [0.1, 0.15) is 12.0 Å². The molecule has 1 aromatic rings. The standard InChI is InChI=1S/C15H21NO2/c1-16(9-7-14-5-3-2-4-6-14)11-15(12-17)8-10-18-13-15/h2-6,12H,7-11,13H2,1H3. The highest BCUT2D eigenvalue weighted by molar-refractivity contribution is 5.60. The van der Waals surface area contributed by atoms with Crippen LogP contribution in [0.3, 0.4) is 0 Å². The van der Waals surface area contributed by atoms with Crippen molar-refractivity contribution in [2.45, 2.75) is 12.8 Å². The number of likely N-dealkylation sites (N-methyl/N-ethyl adjacent to an activating group) is 1. The zero-order chi connectivity index (χ0) is 12.8. The average molecular weight is 247 g/mol. The summed E-state index contributed by atoms with van der Waals surface area (Å²) >= 11 is 0. The number of carbonyl (C=O) groups excluding carboxylic acids is 1. The summed E-state index contributed by atoms with van der Waals surface area (Å²) in [5.41, 5.74) is 1.07. The van der Waals surface area contributed by atoms with E-state index in [1.165, 1.54) is 5.56 Å². The molecule has 0 bridgehead atoms. The zero-order valence-corrected chi connectivity index (χ0v) is 11.0. The Hall–Kier alpha value is -1.19. The first-order valence-corrected chi connectivity index (χ1v) is 6.51. The van der Waals surface area contributed by atoms with Gasteiger partial charge in [0, 0.05) is 19.7 Å². The van der Waals surface area contributed by atoms with E-state index in [2.05, 4.69) is 36.2 Å². The van der Waals surface area contributed by atoms with Crippen molar-refractivity contribution in [3.05, 3.63) is 35.9 Å². The second-order valence-electron chi connectivity index (χ2n) is 5.26.